The minimum absolute atomic E-state index is 0.273. The van der Waals surface area contributed by atoms with Gasteiger partial charge in [0, 0.05) is 27.0 Å². The van der Waals surface area contributed by atoms with Gasteiger partial charge in [-0.3, -0.25) is 9.78 Å². The molecule has 0 aliphatic heterocycles. The second-order valence-corrected chi connectivity index (χ2v) is 8.18. The van der Waals surface area contributed by atoms with Gasteiger partial charge in [0.25, 0.3) is 5.91 Å². The number of halogens is 2. The summed E-state index contributed by atoms with van der Waals surface area (Å²) in [6.07, 6.45) is 3.37. The van der Waals surface area contributed by atoms with E-state index in [9.17, 15) is 4.79 Å². The highest BCUT2D eigenvalue weighted by atomic mass is 79.9. The number of rotatable bonds is 4. The van der Waals surface area contributed by atoms with Crippen LogP contribution < -0.4 is 10.1 Å². The van der Waals surface area contributed by atoms with Crippen LogP contribution in [0.3, 0.4) is 0 Å². The fourth-order valence-electron chi connectivity index (χ4n) is 3.03. The molecule has 2 heterocycles. The Kier molecular flexibility index (Phi) is 5.38. The van der Waals surface area contributed by atoms with Crippen molar-refractivity contribution >= 4 is 54.6 Å². The number of hydrogen-bond donors (Lipinski definition) is 1. The number of amides is 1. The lowest BCUT2D eigenvalue weighted by Gasteiger charge is -2.12. The van der Waals surface area contributed by atoms with E-state index < -0.39 is 0 Å². The molecule has 2 aromatic heterocycles. The van der Waals surface area contributed by atoms with E-state index in [0.29, 0.717) is 34.0 Å². The van der Waals surface area contributed by atoms with Crippen LogP contribution in [0.2, 0.25) is 0 Å². The maximum absolute atomic E-state index is 12.8. The highest BCUT2D eigenvalue weighted by Crippen LogP contribution is 2.30. The van der Waals surface area contributed by atoms with Crippen LogP contribution in [-0.2, 0) is 0 Å². The van der Waals surface area contributed by atoms with E-state index in [1.807, 2.05) is 19.1 Å². The van der Waals surface area contributed by atoms with Crippen molar-refractivity contribution in [1.82, 2.24) is 9.97 Å². The Labute approximate surface area is 183 Å². The molecule has 146 valence electrons. The number of benzene rings is 2. The topological polar surface area (TPSA) is 77.2 Å². The Bertz CT molecular complexity index is 1240. The number of anilines is 1. The van der Waals surface area contributed by atoms with Crippen LogP contribution in [0, 0.1) is 6.92 Å². The lowest BCUT2D eigenvalue weighted by Crippen LogP contribution is -2.13. The summed E-state index contributed by atoms with van der Waals surface area (Å²) in [5, 5.41) is 2.90. The molecule has 4 rings (SSSR count). The van der Waals surface area contributed by atoms with E-state index in [1.165, 1.54) is 0 Å². The van der Waals surface area contributed by atoms with Crippen LogP contribution in [0.15, 0.2) is 62.2 Å². The monoisotopic (exact) mass is 515 g/mol. The van der Waals surface area contributed by atoms with Gasteiger partial charge >= 0.3 is 0 Å². The summed E-state index contributed by atoms with van der Waals surface area (Å²) in [6, 6.07) is 10.8. The zero-order chi connectivity index (χ0) is 20.5. The maximum Gasteiger partial charge on any atom is 0.259 e. The molecule has 1 amide bonds. The third-order valence-corrected chi connectivity index (χ3v) is 5.18. The molecule has 8 heteroatoms. The molecule has 0 saturated carbocycles. The second-order valence-electron chi connectivity index (χ2n) is 6.35. The summed E-state index contributed by atoms with van der Waals surface area (Å²) < 4.78 is 12.9. The largest absolute Gasteiger partial charge is 0.496 e. The molecule has 0 saturated heterocycles. The molecule has 0 fully saturated rings. The molecule has 0 spiro atoms. The fraction of sp³-hybridized carbons (Fsp3) is 0.0952. The van der Waals surface area contributed by atoms with Gasteiger partial charge in [-0.15, -0.1) is 0 Å². The zero-order valence-corrected chi connectivity index (χ0v) is 18.7. The number of methoxy groups -OCH3 is 1. The number of nitrogens with one attached hydrogen (secondary N) is 1. The first kappa shape index (κ1) is 19.6. The van der Waals surface area contributed by atoms with Gasteiger partial charge in [-0.1, -0.05) is 15.9 Å². The zero-order valence-electron chi connectivity index (χ0n) is 15.5. The minimum Gasteiger partial charge on any atom is -0.496 e. The average molecular weight is 517 g/mol. The molecule has 6 nitrogen and oxygen atoms in total. The van der Waals surface area contributed by atoms with Gasteiger partial charge in [0.1, 0.15) is 11.3 Å². The molecular formula is C21H15Br2N3O3. The van der Waals surface area contributed by atoms with Crippen LogP contribution in [-0.4, -0.2) is 23.0 Å². The number of nitrogens with zero attached hydrogens (tertiary/aromatic N) is 2. The van der Waals surface area contributed by atoms with E-state index >= 15 is 0 Å². The number of oxazole rings is 1. The van der Waals surface area contributed by atoms with E-state index in [0.717, 1.165) is 20.1 Å². The van der Waals surface area contributed by atoms with E-state index in [-0.39, 0.29) is 5.91 Å². The van der Waals surface area contributed by atoms with E-state index in [4.69, 9.17) is 9.15 Å². The maximum atomic E-state index is 12.8. The molecule has 1 N–H and O–H groups in total. The van der Waals surface area contributed by atoms with Gasteiger partial charge in [-0.25, -0.2) is 4.98 Å². The summed E-state index contributed by atoms with van der Waals surface area (Å²) in [4.78, 5) is 21.5. The third-order valence-electron chi connectivity index (χ3n) is 4.29. The molecule has 29 heavy (non-hydrogen) atoms. The third kappa shape index (κ3) is 4.04. The first-order valence-electron chi connectivity index (χ1n) is 8.61. The SMILES string of the molecule is COc1c(C)cc(Br)cc1C(=O)Nc1ccc2oc(-c3cncc(Br)c3)nc2c1. The van der Waals surface area contributed by atoms with Crippen LogP contribution in [0.1, 0.15) is 15.9 Å². The smallest absolute Gasteiger partial charge is 0.259 e. The first-order valence-corrected chi connectivity index (χ1v) is 10.2. The van der Waals surface area contributed by atoms with Crippen LogP contribution in [0.5, 0.6) is 5.75 Å². The Balaban J connectivity index is 1.65. The molecule has 4 aromatic rings. The molecule has 0 unspecified atom stereocenters. The van der Waals surface area contributed by atoms with Crippen LogP contribution in [0.4, 0.5) is 5.69 Å². The molecule has 0 radical (unpaired) electrons. The van der Waals surface area contributed by atoms with Gasteiger partial charge in [0.15, 0.2) is 5.58 Å². The van der Waals surface area contributed by atoms with Gasteiger partial charge in [-0.05, 0) is 64.8 Å². The number of carbonyl (C=O) groups is 1. The number of carbonyl (C=O) groups excluding carboxylic acids is 1. The molecule has 0 aliphatic carbocycles. The van der Waals surface area contributed by atoms with Crippen molar-refractivity contribution in [3.63, 3.8) is 0 Å². The van der Waals surface area contributed by atoms with Gasteiger partial charge in [-0.2, -0.15) is 0 Å². The predicted octanol–water partition coefficient (Wildman–Crippen LogP) is 5.98. The quantitative estimate of drug-likeness (QED) is 0.360. The fourth-order valence-corrected chi connectivity index (χ4v) is 3.96. The molecular weight excluding hydrogens is 502 g/mol. The van der Waals surface area contributed by atoms with Gasteiger partial charge in [0.2, 0.25) is 5.89 Å². The Morgan fingerprint density at radius 2 is 1.93 bits per heavy atom. The number of hydrogen-bond acceptors (Lipinski definition) is 5. The summed E-state index contributed by atoms with van der Waals surface area (Å²) in [5.74, 6) is 0.727. The van der Waals surface area contributed by atoms with Crippen molar-refractivity contribution < 1.29 is 13.9 Å². The van der Waals surface area contributed by atoms with E-state index in [1.54, 1.807) is 43.8 Å². The standard InChI is InChI=1S/C21H15Br2N3O3/c1-11-5-13(22)7-16(19(11)28-2)20(27)25-15-3-4-18-17(8-15)26-21(29-18)12-6-14(23)10-24-9-12/h3-10H,1-2H3,(H,25,27). The molecule has 0 atom stereocenters. The number of pyridine rings is 1. The van der Waals surface area contributed by atoms with Crippen molar-refractivity contribution in [3.8, 4) is 17.2 Å². The van der Waals surface area contributed by atoms with Gasteiger partial charge < -0.3 is 14.5 Å². The van der Waals surface area contributed by atoms with Crippen molar-refractivity contribution in [3.05, 3.63) is 68.9 Å². The number of ether oxygens (including phenoxy) is 1. The lowest BCUT2D eigenvalue weighted by atomic mass is 10.1. The summed E-state index contributed by atoms with van der Waals surface area (Å²) in [6.45, 7) is 1.89. The van der Waals surface area contributed by atoms with Crippen molar-refractivity contribution in [2.75, 3.05) is 12.4 Å². The number of fused-ring (bicyclic) bond motifs is 1. The predicted molar refractivity (Wildman–Crippen MR) is 118 cm³/mol. The Morgan fingerprint density at radius 3 is 2.69 bits per heavy atom. The minimum atomic E-state index is -0.273. The lowest BCUT2D eigenvalue weighted by molar-refractivity contribution is 0.102. The van der Waals surface area contributed by atoms with Crippen molar-refractivity contribution in [1.29, 1.82) is 0 Å². The first-order chi connectivity index (χ1) is 13.9. The normalized spacial score (nSPS) is 10.9. The highest BCUT2D eigenvalue weighted by molar-refractivity contribution is 9.10. The van der Waals surface area contributed by atoms with Crippen molar-refractivity contribution in [2.24, 2.45) is 0 Å². The van der Waals surface area contributed by atoms with Crippen molar-refractivity contribution in [2.45, 2.75) is 6.92 Å². The summed E-state index contributed by atoms with van der Waals surface area (Å²) >= 11 is 6.82. The highest BCUT2D eigenvalue weighted by Gasteiger charge is 2.17. The van der Waals surface area contributed by atoms with E-state index in [2.05, 4.69) is 47.1 Å². The average Bonchev–Trinajstić information content (AvgIpc) is 3.11. The summed E-state index contributed by atoms with van der Waals surface area (Å²) in [7, 11) is 1.55. The number of aryl methyl sites for hydroxylation is 1. The van der Waals surface area contributed by atoms with Gasteiger partial charge in [0.05, 0.1) is 18.2 Å². The van der Waals surface area contributed by atoms with Crippen LogP contribution >= 0.6 is 31.9 Å². The van der Waals surface area contributed by atoms with Crippen LogP contribution in [0.25, 0.3) is 22.6 Å². The second kappa shape index (κ2) is 7.96. The molecule has 0 aliphatic rings. The number of aromatic nitrogens is 2. The Morgan fingerprint density at radius 1 is 1.10 bits per heavy atom. The molecule has 0 bridgehead atoms. The molecule has 2 aromatic carbocycles. The summed E-state index contributed by atoms with van der Waals surface area (Å²) in [5.41, 5.74) is 3.93. The Hall–Kier alpha value is -2.71.